The van der Waals surface area contributed by atoms with Gasteiger partial charge in [-0.1, -0.05) is 5.92 Å². The van der Waals surface area contributed by atoms with Crippen molar-refractivity contribution in [3.05, 3.63) is 29.3 Å². The fourth-order valence-corrected chi connectivity index (χ4v) is 3.22. The van der Waals surface area contributed by atoms with Crippen molar-refractivity contribution < 1.29 is 22.7 Å². The van der Waals surface area contributed by atoms with Crippen LogP contribution >= 0.6 is 0 Å². The topological polar surface area (TPSA) is 92.8 Å². The molecule has 0 aromatic heterocycles. The van der Waals surface area contributed by atoms with Crippen molar-refractivity contribution >= 4 is 27.6 Å². The summed E-state index contributed by atoms with van der Waals surface area (Å²) in [6.45, 7) is -0.00915. The van der Waals surface area contributed by atoms with Crippen LogP contribution in [0.5, 0.6) is 0 Å². The zero-order valence-corrected chi connectivity index (χ0v) is 13.4. The van der Waals surface area contributed by atoms with Crippen molar-refractivity contribution in [1.82, 2.24) is 5.32 Å². The monoisotopic (exact) mass is 336 g/mol. The number of terminal acetylenes is 1. The van der Waals surface area contributed by atoms with E-state index in [9.17, 15) is 18.0 Å². The highest BCUT2D eigenvalue weighted by Crippen LogP contribution is 2.30. The minimum absolute atomic E-state index is 0.0660. The van der Waals surface area contributed by atoms with E-state index < -0.39 is 28.5 Å². The number of hydrogen-bond acceptors (Lipinski definition) is 5. The third-order valence-corrected chi connectivity index (χ3v) is 4.47. The Kier molecular flexibility index (Phi) is 4.91. The van der Waals surface area contributed by atoms with Gasteiger partial charge < -0.3 is 10.1 Å². The molecule has 1 amide bonds. The third-order valence-electron chi connectivity index (χ3n) is 3.29. The van der Waals surface area contributed by atoms with Crippen LogP contribution in [0.2, 0.25) is 0 Å². The van der Waals surface area contributed by atoms with Gasteiger partial charge in [-0.2, -0.15) is 0 Å². The second-order valence-corrected chi connectivity index (χ2v) is 6.89. The summed E-state index contributed by atoms with van der Waals surface area (Å²) in [5, 5.41) is 2.38. The quantitative estimate of drug-likeness (QED) is 0.599. The Morgan fingerprint density at radius 1 is 1.43 bits per heavy atom. The van der Waals surface area contributed by atoms with Gasteiger partial charge in [0.1, 0.15) is 0 Å². The first-order valence-electron chi connectivity index (χ1n) is 6.81. The number of hydrogen-bond donors (Lipinski definition) is 1. The summed E-state index contributed by atoms with van der Waals surface area (Å²) in [5.74, 6) is 1.10. The molecular weight excluding hydrogens is 320 g/mol. The Morgan fingerprint density at radius 3 is 2.83 bits per heavy atom. The first kappa shape index (κ1) is 16.8. The average molecular weight is 336 g/mol. The number of nitrogens with one attached hydrogen (secondary N) is 1. The molecule has 1 aromatic rings. The SMILES string of the molecule is C#CCNC(=O)COC(=O)c1ccc2c(c1)CCN2S(C)(=O)=O. The molecule has 23 heavy (non-hydrogen) atoms. The maximum absolute atomic E-state index is 11.9. The van der Waals surface area contributed by atoms with E-state index in [0.29, 0.717) is 18.7 Å². The largest absolute Gasteiger partial charge is 0.452 e. The Hall–Kier alpha value is -2.53. The van der Waals surface area contributed by atoms with Gasteiger partial charge >= 0.3 is 5.97 Å². The molecule has 1 N–H and O–H groups in total. The molecule has 0 saturated carbocycles. The van der Waals surface area contributed by atoms with Gasteiger partial charge in [-0.15, -0.1) is 6.42 Å². The van der Waals surface area contributed by atoms with Crippen molar-refractivity contribution in [2.24, 2.45) is 0 Å². The van der Waals surface area contributed by atoms with Crippen LogP contribution in [0.3, 0.4) is 0 Å². The van der Waals surface area contributed by atoms with Crippen LogP contribution in [0.1, 0.15) is 15.9 Å². The van der Waals surface area contributed by atoms with E-state index in [1.165, 1.54) is 10.4 Å². The lowest BCUT2D eigenvalue weighted by Crippen LogP contribution is -2.29. The van der Waals surface area contributed by atoms with Gasteiger partial charge in [-0.25, -0.2) is 13.2 Å². The number of esters is 1. The fourth-order valence-electron chi connectivity index (χ4n) is 2.26. The molecule has 0 radical (unpaired) electrons. The lowest BCUT2D eigenvalue weighted by atomic mass is 10.1. The minimum atomic E-state index is -3.33. The number of rotatable bonds is 5. The average Bonchev–Trinajstić information content (AvgIpc) is 2.93. The van der Waals surface area contributed by atoms with Crippen LogP contribution in [-0.2, 0) is 26.0 Å². The first-order valence-corrected chi connectivity index (χ1v) is 8.65. The minimum Gasteiger partial charge on any atom is -0.452 e. The summed E-state index contributed by atoms with van der Waals surface area (Å²) < 4.78 is 29.5. The number of nitrogens with zero attached hydrogens (tertiary/aromatic N) is 1. The predicted octanol–water partition coefficient (Wildman–Crippen LogP) is -0.0851. The zero-order chi connectivity index (χ0) is 17.0. The molecule has 0 atom stereocenters. The molecule has 122 valence electrons. The van der Waals surface area contributed by atoms with E-state index in [4.69, 9.17) is 11.2 Å². The number of benzene rings is 1. The number of ether oxygens (including phenoxy) is 1. The molecule has 0 saturated heterocycles. The van der Waals surface area contributed by atoms with Crippen molar-refractivity contribution in [2.75, 3.05) is 30.3 Å². The maximum atomic E-state index is 11.9. The summed E-state index contributed by atoms with van der Waals surface area (Å²) in [5.41, 5.74) is 1.58. The van der Waals surface area contributed by atoms with Crippen molar-refractivity contribution in [3.8, 4) is 12.3 Å². The summed E-state index contributed by atoms with van der Waals surface area (Å²) >= 11 is 0. The molecule has 0 aliphatic carbocycles. The Balaban J connectivity index is 2.04. The molecule has 0 fully saturated rings. The van der Waals surface area contributed by atoms with Crippen LogP contribution in [0.15, 0.2) is 18.2 Å². The van der Waals surface area contributed by atoms with E-state index >= 15 is 0 Å². The van der Waals surface area contributed by atoms with E-state index in [-0.39, 0.29) is 12.1 Å². The van der Waals surface area contributed by atoms with Crippen LogP contribution in [0, 0.1) is 12.3 Å². The molecule has 7 nitrogen and oxygen atoms in total. The summed E-state index contributed by atoms with van der Waals surface area (Å²) in [7, 11) is -3.33. The zero-order valence-electron chi connectivity index (χ0n) is 12.5. The Labute approximate surface area is 134 Å². The van der Waals surface area contributed by atoms with Crippen LogP contribution in [0.25, 0.3) is 0 Å². The molecule has 1 aliphatic rings. The molecule has 1 heterocycles. The second-order valence-electron chi connectivity index (χ2n) is 4.99. The molecule has 2 rings (SSSR count). The smallest absolute Gasteiger partial charge is 0.338 e. The van der Waals surface area contributed by atoms with Crippen LogP contribution in [-0.4, -0.2) is 46.2 Å². The van der Waals surface area contributed by atoms with E-state index in [0.717, 1.165) is 11.8 Å². The van der Waals surface area contributed by atoms with Crippen LogP contribution in [0.4, 0.5) is 5.69 Å². The van der Waals surface area contributed by atoms with Gasteiger partial charge in [0.2, 0.25) is 10.0 Å². The normalized spacial score (nSPS) is 13.1. The Bertz CT molecular complexity index is 780. The number of carbonyl (C=O) groups is 2. The number of anilines is 1. The first-order chi connectivity index (χ1) is 10.8. The molecule has 8 heteroatoms. The van der Waals surface area contributed by atoms with E-state index in [2.05, 4.69) is 11.2 Å². The Morgan fingerprint density at radius 2 is 2.17 bits per heavy atom. The van der Waals surface area contributed by atoms with Crippen molar-refractivity contribution in [3.63, 3.8) is 0 Å². The van der Waals surface area contributed by atoms with E-state index in [1.807, 2.05) is 0 Å². The summed E-state index contributed by atoms with van der Waals surface area (Å²) in [6.07, 6.45) is 6.66. The maximum Gasteiger partial charge on any atom is 0.338 e. The summed E-state index contributed by atoms with van der Waals surface area (Å²) in [4.78, 5) is 23.2. The molecule has 0 unspecified atom stereocenters. The predicted molar refractivity (Wildman–Crippen MR) is 84.5 cm³/mol. The van der Waals surface area contributed by atoms with Gasteiger partial charge in [-0.05, 0) is 30.2 Å². The lowest BCUT2D eigenvalue weighted by Gasteiger charge is -2.16. The van der Waals surface area contributed by atoms with Crippen molar-refractivity contribution in [1.29, 1.82) is 0 Å². The molecule has 0 spiro atoms. The molecule has 1 aliphatic heterocycles. The van der Waals surface area contributed by atoms with E-state index in [1.54, 1.807) is 12.1 Å². The summed E-state index contributed by atoms with van der Waals surface area (Å²) in [6, 6.07) is 4.63. The number of sulfonamides is 1. The number of amides is 1. The number of fused-ring (bicyclic) bond motifs is 1. The lowest BCUT2D eigenvalue weighted by molar-refractivity contribution is -0.123. The van der Waals surface area contributed by atoms with Gasteiger partial charge in [-0.3, -0.25) is 9.10 Å². The van der Waals surface area contributed by atoms with Gasteiger partial charge in [0.05, 0.1) is 24.1 Å². The second kappa shape index (κ2) is 6.71. The number of carbonyl (C=O) groups excluding carboxylic acids is 2. The standard InChI is InChI=1S/C15H16N2O5S/c1-3-7-16-14(18)10-22-15(19)12-4-5-13-11(9-12)6-8-17(13)23(2,20)21/h1,4-5,9H,6-8,10H2,2H3,(H,16,18). The molecule has 0 bridgehead atoms. The van der Waals surface area contributed by atoms with Crippen molar-refractivity contribution in [2.45, 2.75) is 6.42 Å². The fraction of sp³-hybridized carbons (Fsp3) is 0.333. The van der Waals surface area contributed by atoms with Gasteiger partial charge in [0.25, 0.3) is 5.91 Å². The molecular formula is C15H16N2O5S. The van der Waals surface area contributed by atoms with Gasteiger partial charge in [0.15, 0.2) is 6.61 Å². The molecule has 1 aromatic carbocycles. The highest BCUT2D eigenvalue weighted by molar-refractivity contribution is 7.92. The highest BCUT2D eigenvalue weighted by atomic mass is 32.2. The van der Waals surface area contributed by atoms with Crippen LogP contribution < -0.4 is 9.62 Å². The third kappa shape index (κ3) is 4.02. The highest BCUT2D eigenvalue weighted by Gasteiger charge is 2.27. The van der Waals surface area contributed by atoms with Gasteiger partial charge in [0, 0.05) is 6.54 Å².